The minimum atomic E-state index is 0.528. The molecule has 31 heavy (non-hydrogen) atoms. The van der Waals surface area contributed by atoms with Crippen LogP contribution in [-0.2, 0) is 22.5 Å². The molecule has 0 spiro atoms. The van der Waals surface area contributed by atoms with Gasteiger partial charge in [-0.2, -0.15) is 0 Å². The van der Waals surface area contributed by atoms with Crippen LogP contribution in [0.2, 0.25) is 0 Å². The summed E-state index contributed by atoms with van der Waals surface area (Å²) in [6.07, 6.45) is 6.37. The number of aryl methyl sites for hydroxylation is 2. The van der Waals surface area contributed by atoms with Gasteiger partial charge in [0.2, 0.25) is 0 Å². The van der Waals surface area contributed by atoms with Gasteiger partial charge in [0.25, 0.3) is 0 Å². The maximum absolute atomic E-state index is 5.68. The first-order chi connectivity index (χ1) is 15.2. The first-order valence-corrected chi connectivity index (χ1v) is 10.6. The quantitative estimate of drug-likeness (QED) is 0.323. The van der Waals surface area contributed by atoms with Crippen LogP contribution in [0.1, 0.15) is 54.4 Å². The van der Waals surface area contributed by atoms with E-state index in [0.29, 0.717) is 6.61 Å². The highest BCUT2D eigenvalue weighted by molar-refractivity contribution is 6.03. The Kier molecular flexibility index (Phi) is 6.50. The third-order valence-corrected chi connectivity index (χ3v) is 5.51. The SMILES string of the molecule is CO/N=C(\C)c1cccc(CCCO/N=C2\CCCc3c2nc2ncccc2c3C)n1. The molecular weight excluding hydrogens is 390 g/mol. The number of hydrogen-bond acceptors (Lipinski definition) is 7. The average molecular weight is 418 g/mol. The van der Waals surface area contributed by atoms with Crippen molar-refractivity contribution in [3.8, 4) is 0 Å². The molecule has 0 N–H and O–H groups in total. The lowest BCUT2D eigenvalue weighted by molar-refractivity contribution is 0.141. The second-order valence-electron chi connectivity index (χ2n) is 7.64. The highest BCUT2D eigenvalue weighted by Gasteiger charge is 2.21. The number of rotatable bonds is 7. The summed E-state index contributed by atoms with van der Waals surface area (Å²) in [5.74, 6) is 0. The van der Waals surface area contributed by atoms with Gasteiger partial charge in [-0.3, -0.25) is 4.98 Å². The van der Waals surface area contributed by atoms with Gasteiger partial charge >= 0.3 is 0 Å². The summed E-state index contributed by atoms with van der Waals surface area (Å²) in [6.45, 7) is 4.56. The van der Waals surface area contributed by atoms with Gasteiger partial charge in [0.15, 0.2) is 5.65 Å². The first-order valence-electron chi connectivity index (χ1n) is 10.6. The molecular formula is C24H27N5O2. The van der Waals surface area contributed by atoms with Crippen LogP contribution in [0.5, 0.6) is 0 Å². The molecule has 0 atom stereocenters. The van der Waals surface area contributed by atoms with Gasteiger partial charge in [-0.25, -0.2) is 9.97 Å². The molecule has 1 aliphatic rings. The maximum atomic E-state index is 5.68. The predicted octanol–water partition coefficient (Wildman–Crippen LogP) is 4.39. The highest BCUT2D eigenvalue weighted by Crippen LogP contribution is 2.28. The van der Waals surface area contributed by atoms with Gasteiger partial charge in [0, 0.05) is 17.3 Å². The van der Waals surface area contributed by atoms with Crippen molar-refractivity contribution in [2.75, 3.05) is 13.7 Å². The monoisotopic (exact) mass is 417 g/mol. The van der Waals surface area contributed by atoms with Crippen LogP contribution in [0.3, 0.4) is 0 Å². The smallest absolute Gasteiger partial charge is 0.160 e. The highest BCUT2D eigenvalue weighted by atomic mass is 16.6. The van der Waals surface area contributed by atoms with Crippen molar-refractivity contribution in [2.24, 2.45) is 10.3 Å². The van der Waals surface area contributed by atoms with Gasteiger partial charge in [-0.05, 0) is 81.3 Å². The van der Waals surface area contributed by atoms with E-state index in [-0.39, 0.29) is 0 Å². The summed E-state index contributed by atoms with van der Waals surface area (Å²) >= 11 is 0. The molecule has 3 aromatic heterocycles. The molecule has 1 aliphatic carbocycles. The van der Waals surface area contributed by atoms with Gasteiger partial charge in [-0.1, -0.05) is 16.4 Å². The molecule has 7 heteroatoms. The predicted molar refractivity (Wildman–Crippen MR) is 121 cm³/mol. The second-order valence-corrected chi connectivity index (χ2v) is 7.64. The van der Waals surface area contributed by atoms with E-state index in [4.69, 9.17) is 14.7 Å². The molecule has 0 bridgehead atoms. The van der Waals surface area contributed by atoms with Crippen LogP contribution in [-0.4, -0.2) is 40.1 Å². The van der Waals surface area contributed by atoms with Crippen LogP contribution in [0.25, 0.3) is 11.0 Å². The van der Waals surface area contributed by atoms with Gasteiger partial charge in [0.1, 0.15) is 25.1 Å². The molecule has 160 valence electrons. The van der Waals surface area contributed by atoms with Crippen molar-refractivity contribution in [2.45, 2.75) is 46.0 Å². The molecule has 0 radical (unpaired) electrons. The first kappa shape index (κ1) is 20.9. The van der Waals surface area contributed by atoms with Crippen molar-refractivity contribution in [1.82, 2.24) is 15.0 Å². The number of hydrogen-bond donors (Lipinski definition) is 0. The molecule has 0 saturated carbocycles. The fourth-order valence-corrected chi connectivity index (χ4v) is 3.92. The van der Waals surface area contributed by atoms with Crippen LogP contribution in [0.4, 0.5) is 0 Å². The molecule has 0 fully saturated rings. The van der Waals surface area contributed by atoms with Crippen LogP contribution in [0, 0.1) is 6.92 Å². The number of oxime groups is 2. The van der Waals surface area contributed by atoms with Gasteiger partial charge in [-0.15, -0.1) is 0 Å². The van der Waals surface area contributed by atoms with Crippen molar-refractivity contribution >= 4 is 22.5 Å². The Bertz CT molecular complexity index is 1140. The topological polar surface area (TPSA) is 81.9 Å². The summed E-state index contributed by atoms with van der Waals surface area (Å²) < 4.78 is 0. The summed E-state index contributed by atoms with van der Waals surface area (Å²) in [5, 5.41) is 9.50. The third-order valence-electron chi connectivity index (χ3n) is 5.51. The Labute approximate surface area is 182 Å². The summed E-state index contributed by atoms with van der Waals surface area (Å²) in [4.78, 5) is 24.4. The fraction of sp³-hybridized carbons (Fsp3) is 0.375. The van der Waals surface area contributed by atoms with Crippen LogP contribution < -0.4 is 0 Å². The van der Waals surface area contributed by atoms with E-state index in [1.165, 1.54) is 18.2 Å². The number of pyridine rings is 3. The standard InChI is InChI=1S/C24H27N5O2/c1-16-19-10-5-13-22(23(19)27-24-20(16)11-6-14-25-24)29-31-15-7-9-18-8-4-12-21(26-18)17(2)28-30-3/h4,6,8,11-12,14H,5,7,9-10,13,15H2,1-3H3/b28-17+,29-22+. The van der Waals surface area contributed by atoms with Gasteiger partial charge in [0.05, 0.1) is 11.4 Å². The van der Waals surface area contributed by atoms with Crippen molar-refractivity contribution < 1.29 is 9.68 Å². The summed E-state index contributed by atoms with van der Waals surface area (Å²) in [5.41, 5.74) is 7.72. The number of aromatic nitrogens is 3. The van der Waals surface area contributed by atoms with E-state index in [0.717, 1.165) is 71.6 Å². The Hall–Kier alpha value is -3.35. The zero-order valence-corrected chi connectivity index (χ0v) is 18.3. The van der Waals surface area contributed by atoms with Crippen molar-refractivity contribution in [1.29, 1.82) is 0 Å². The minimum Gasteiger partial charge on any atom is -0.399 e. The number of nitrogens with zero attached hydrogens (tertiary/aromatic N) is 5. The minimum absolute atomic E-state index is 0.528. The normalized spacial score (nSPS) is 15.2. The van der Waals surface area contributed by atoms with Crippen LogP contribution >= 0.6 is 0 Å². The zero-order valence-electron chi connectivity index (χ0n) is 18.3. The van der Waals surface area contributed by atoms with E-state index in [9.17, 15) is 0 Å². The average Bonchev–Trinajstić information content (AvgIpc) is 2.80. The van der Waals surface area contributed by atoms with Crippen molar-refractivity contribution in [3.05, 3.63) is 64.7 Å². The molecule has 0 aromatic carbocycles. The summed E-state index contributed by atoms with van der Waals surface area (Å²) in [6, 6.07) is 9.97. The Morgan fingerprint density at radius 3 is 2.90 bits per heavy atom. The largest absolute Gasteiger partial charge is 0.399 e. The second kappa shape index (κ2) is 9.64. The molecule has 3 aromatic rings. The molecule has 0 unspecified atom stereocenters. The summed E-state index contributed by atoms with van der Waals surface area (Å²) in [7, 11) is 1.53. The van der Waals surface area contributed by atoms with Gasteiger partial charge < -0.3 is 9.68 Å². The molecule has 0 saturated heterocycles. The van der Waals surface area contributed by atoms with E-state index in [2.05, 4.69) is 33.3 Å². The molecule has 3 heterocycles. The molecule has 4 rings (SSSR count). The molecule has 0 amide bonds. The van der Waals surface area contributed by atoms with E-state index >= 15 is 0 Å². The molecule has 7 nitrogen and oxygen atoms in total. The maximum Gasteiger partial charge on any atom is 0.160 e. The van der Waals surface area contributed by atoms with E-state index in [1.54, 1.807) is 6.20 Å². The van der Waals surface area contributed by atoms with Crippen LogP contribution in [0.15, 0.2) is 46.8 Å². The lowest BCUT2D eigenvalue weighted by Crippen LogP contribution is -2.17. The fourth-order valence-electron chi connectivity index (χ4n) is 3.92. The Morgan fingerprint density at radius 1 is 1.13 bits per heavy atom. The van der Waals surface area contributed by atoms with E-state index < -0.39 is 0 Å². The Morgan fingerprint density at radius 2 is 2.03 bits per heavy atom. The molecule has 0 aliphatic heterocycles. The number of fused-ring (bicyclic) bond motifs is 2. The zero-order chi connectivity index (χ0) is 21.6. The lowest BCUT2D eigenvalue weighted by Gasteiger charge is -2.19. The Balaban J connectivity index is 1.40. The lowest BCUT2D eigenvalue weighted by atomic mass is 9.90. The van der Waals surface area contributed by atoms with E-state index in [1.807, 2.05) is 31.2 Å². The third kappa shape index (κ3) is 4.71. The van der Waals surface area contributed by atoms with Crippen molar-refractivity contribution in [3.63, 3.8) is 0 Å².